The Morgan fingerprint density at radius 2 is 1.42 bits per heavy atom. The zero-order valence-corrected chi connectivity index (χ0v) is 23.5. The maximum Gasteiger partial charge on any atom is 0.508 e. The van der Waals surface area contributed by atoms with E-state index in [0.717, 1.165) is 12.8 Å². The molecule has 2 N–H and O–H groups in total. The third-order valence-corrected chi connectivity index (χ3v) is 6.18. The first-order valence-electron chi connectivity index (χ1n) is 13.2. The van der Waals surface area contributed by atoms with Gasteiger partial charge in [0.25, 0.3) is 0 Å². The summed E-state index contributed by atoms with van der Waals surface area (Å²) in [6.45, 7) is 9.73. The molecule has 0 radical (unpaired) electrons. The summed E-state index contributed by atoms with van der Waals surface area (Å²) in [5.41, 5.74) is 5.37. The average molecular weight is 538 g/mol. The van der Waals surface area contributed by atoms with Gasteiger partial charge in [-0.1, -0.05) is 53.5 Å². The van der Waals surface area contributed by atoms with Crippen LogP contribution in [0.5, 0.6) is 11.5 Å². The van der Waals surface area contributed by atoms with Gasteiger partial charge in [0.1, 0.15) is 5.54 Å². The van der Waals surface area contributed by atoms with E-state index >= 15 is 0 Å². The standard InChI is InChI=1S/C28H43NO9/c1-7-13-35-27(33)36-14-12-28(29,26(32)34-6)18-21-10-11-22(37-24(30)15-19(4)8-2)23(17-21)38-25(31)16-20(5)9-3/h10-11,17,19-20H,7-9,12-16,18,29H2,1-6H3/t19?,20?,28-/m1/s1. The summed E-state index contributed by atoms with van der Waals surface area (Å²) < 4.78 is 25.9. The van der Waals surface area contributed by atoms with Crippen molar-refractivity contribution in [3.63, 3.8) is 0 Å². The number of ether oxygens (including phenoxy) is 5. The number of hydrogen-bond donors (Lipinski definition) is 1. The molecule has 1 rings (SSSR count). The molecule has 0 saturated heterocycles. The van der Waals surface area contributed by atoms with E-state index in [0.29, 0.717) is 12.0 Å². The highest BCUT2D eigenvalue weighted by Crippen LogP contribution is 2.32. The van der Waals surface area contributed by atoms with E-state index in [-0.39, 0.29) is 62.2 Å². The highest BCUT2D eigenvalue weighted by atomic mass is 16.7. The first-order valence-corrected chi connectivity index (χ1v) is 13.2. The lowest BCUT2D eigenvalue weighted by Gasteiger charge is -2.26. The van der Waals surface area contributed by atoms with Crippen molar-refractivity contribution in [2.45, 2.75) is 85.1 Å². The average Bonchev–Trinajstić information content (AvgIpc) is 2.87. The Bertz CT molecular complexity index is 933. The summed E-state index contributed by atoms with van der Waals surface area (Å²) in [7, 11) is 1.21. The molecule has 1 aromatic rings. The maximum absolute atomic E-state index is 12.6. The van der Waals surface area contributed by atoms with Crippen LogP contribution < -0.4 is 15.2 Å². The van der Waals surface area contributed by atoms with Gasteiger partial charge in [0.2, 0.25) is 0 Å². The summed E-state index contributed by atoms with van der Waals surface area (Å²) in [6, 6.07) is 4.64. The highest BCUT2D eigenvalue weighted by Gasteiger charge is 2.36. The quantitative estimate of drug-likeness (QED) is 0.232. The molecule has 2 unspecified atom stereocenters. The second kappa shape index (κ2) is 16.7. The van der Waals surface area contributed by atoms with E-state index in [2.05, 4.69) is 0 Å². The van der Waals surface area contributed by atoms with Gasteiger partial charge in [0.15, 0.2) is 11.5 Å². The Labute approximate surface area is 225 Å². The minimum absolute atomic E-state index is 0.0238. The van der Waals surface area contributed by atoms with Crippen molar-refractivity contribution >= 4 is 24.1 Å². The minimum atomic E-state index is -1.55. The van der Waals surface area contributed by atoms with Crippen LogP contribution in [0, 0.1) is 11.8 Å². The second-order valence-electron chi connectivity index (χ2n) is 9.69. The van der Waals surface area contributed by atoms with Crippen molar-refractivity contribution in [3.8, 4) is 11.5 Å². The Balaban J connectivity index is 3.16. The molecule has 0 bridgehead atoms. The fourth-order valence-corrected chi connectivity index (χ4v) is 3.39. The predicted molar refractivity (Wildman–Crippen MR) is 141 cm³/mol. The van der Waals surface area contributed by atoms with Crippen molar-refractivity contribution in [1.82, 2.24) is 0 Å². The SMILES string of the molecule is CCCOC(=O)OCC[C@@](N)(Cc1ccc(OC(=O)CC(C)CC)c(OC(=O)CC(C)CC)c1)C(=O)OC. The highest BCUT2D eigenvalue weighted by molar-refractivity contribution is 5.81. The molecule has 0 aliphatic heterocycles. The Kier molecular flexibility index (Phi) is 14.4. The van der Waals surface area contributed by atoms with Crippen LogP contribution in [-0.2, 0) is 35.0 Å². The lowest BCUT2D eigenvalue weighted by Crippen LogP contribution is -2.51. The van der Waals surface area contributed by atoms with Gasteiger partial charge in [-0.2, -0.15) is 0 Å². The molecule has 10 heteroatoms. The van der Waals surface area contributed by atoms with Crippen molar-refractivity contribution in [2.75, 3.05) is 20.3 Å². The van der Waals surface area contributed by atoms with Gasteiger partial charge in [-0.25, -0.2) is 4.79 Å². The molecule has 0 amide bonds. The summed E-state index contributed by atoms with van der Waals surface area (Å²) >= 11 is 0. The lowest BCUT2D eigenvalue weighted by molar-refractivity contribution is -0.147. The number of rotatable bonds is 16. The van der Waals surface area contributed by atoms with Crippen LogP contribution in [0.2, 0.25) is 0 Å². The van der Waals surface area contributed by atoms with Crippen LogP contribution in [0.3, 0.4) is 0 Å². The molecular formula is C28H43NO9. The van der Waals surface area contributed by atoms with Crippen LogP contribution >= 0.6 is 0 Å². The predicted octanol–water partition coefficient (Wildman–Crippen LogP) is 4.74. The lowest BCUT2D eigenvalue weighted by atomic mass is 9.88. The molecule has 10 nitrogen and oxygen atoms in total. The van der Waals surface area contributed by atoms with E-state index in [4.69, 9.17) is 29.4 Å². The smallest absolute Gasteiger partial charge is 0.468 e. The molecule has 0 aliphatic carbocycles. The summed E-state index contributed by atoms with van der Waals surface area (Å²) in [5, 5.41) is 0. The number of carbonyl (C=O) groups excluding carboxylic acids is 4. The van der Waals surface area contributed by atoms with Gasteiger partial charge in [0.05, 0.1) is 20.3 Å². The minimum Gasteiger partial charge on any atom is -0.468 e. The molecule has 0 fully saturated rings. The molecule has 0 aliphatic rings. The molecule has 1 aromatic carbocycles. The summed E-state index contributed by atoms with van der Waals surface area (Å²) in [6.07, 6.45) is 1.75. The van der Waals surface area contributed by atoms with Crippen molar-refractivity contribution < 1.29 is 42.9 Å². The first-order chi connectivity index (χ1) is 18.0. The Hall–Kier alpha value is -3.14. The fraction of sp³-hybridized carbons (Fsp3) is 0.643. The van der Waals surface area contributed by atoms with Gasteiger partial charge in [-0.05, 0) is 36.0 Å². The second-order valence-corrected chi connectivity index (χ2v) is 9.69. The maximum atomic E-state index is 12.6. The molecule has 214 valence electrons. The molecular weight excluding hydrogens is 494 g/mol. The van der Waals surface area contributed by atoms with Gasteiger partial charge >= 0.3 is 24.1 Å². The molecule has 3 atom stereocenters. The monoisotopic (exact) mass is 537 g/mol. The number of benzene rings is 1. The van der Waals surface area contributed by atoms with Crippen LogP contribution in [0.1, 0.15) is 78.7 Å². The first kappa shape index (κ1) is 32.9. The number of nitrogens with two attached hydrogens (primary N) is 1. The summed E-state index contributed by atoms with van der Waals surface area (Å²) in [5.74, 6) is -1.22. The van der Waals surface area contributed by atoms with E-state index < -0.39 is 29.6 Å². The summed E-state index contributed by atoms with van der Waals surface area (Å²) in [4.78, 5) is 49.2. The number of methoxy groups -OCH3 is 1. The molecule has 0 aromatic heterocycles. The fourth-order valence-electron chi connectivity index (χ4n) is 3.39. The zero-order chi connectivity index (χ0) is 28.7. The number of esters is 3. The van der Waals surface area contributed by atoms with E-state index in [9.17, 15) is 19.2 Å². The van der Waals surface area contributed by atoms with E-state index in [1.165, 1.54) is 19.2 Å². The van der Waals surface area contributed by atoms with Gasteiger partial charge in [-0.15, -0.1) is 0 Å². The molecule has 38 heavy (non-hydrogen) atoms. The van der Waals surface area contributed by atoms with Crippen LogP contribution in [0.25, 0.3) is 0 Å². The topological polar surface area (TPSA) is 140 Å². The van der Waals surface area contributed by atoms with Crippen molar-refractivity contribution in [1.29, 1.82) is 0 Å². The van der Waals surface area contributed by atoms with E-state index in [1.807, 2.05) is 34.6 Å². The molecule has 0 saturated carbocycles. The van der Waals surface area contributed by atoms with Crippen LogP contribution in [0.4, 0.5) is 4.79 Å². The van der Waals surface area contributed by atoms with Crippen molar-refractivity contribution in [2.24, 2.45) is 17.6 Å². The van der Waals surface area contributed by atoms with E-state index in [1.54, 1.807) is 6.07 Å². The van der Waals surface area contributed by atoms with Crippen LogP contribution in [0.15, 0.2) is 18.2 Å². The Morgan fingerprint density at radius 3 is 1.95 bits per heavy atom. The third kappa shape index (κ3) is 11.5. The molecule has 0 spiro atoms. The van der Waals surface area contributed by atoms with Gasteiger partial charge in [0, 0.05) is 25.7 Å². The molecule has 0 heterocycles. The van der Waals surface area contributed by atoms with Crippen LogP contribution in [-0.4, -0.2) is 49.9 Å². The normalized spacial score (nSPS) is 14.0. The van der Waals surface area contributed by atoms with Gasteiger partial charge in [-0.3, -0.25) is 14.4 Å². The van der Waals surface area contributed by atoms with Gasteiger partial charge < -0.3 is 29.4 Å². The van der Waals surface area contributed by atoms with Crippen molar-refractivity contribution in [3.05, 3.63) is 23.8 Å². The zero-order valence-electron chi connectivity index (χ0n) is 23.5. The number of hydrogen-bond acceptors (Lipinski definition) is 10. The third-order valence-electron chi connectivity index (χ3n) is 6.18. The largest absolute Gasteiger partial charge is 0.508 e. The Morgan fingerprint density at radius 1 is 0.868 bits per heavy atom. The number of carbonyl (C=O) groups is 4.